The second-order valence-electron chi connectivity index (χ2n) is 4.73. The van der Waals surface area contributed by atoms with Gasteiger partial charge in [-0.05, 0) is 18.3 Å². The lowest BCUT2D eigenvalue weighted by atomic mass is 9.67. The van der Waals surface area contributed by atoms with Gasteiger partial charge in [-0.2, -0.15) is 13.2 Å². The molecule has 0 spiro atoms. The van der Waals surface area contributed by atoms with Crippen LogP contribution in [0, 0.1) is 11.8 Å². The molecule has 17 heavy (non-hydrogen) atoms. The Morgan fingerprint density at radius 2 is 1.88 bits per heavy atom. The van der Waals surface area contributed by atoms with Gasteiger partial charge in [0.2, 0.25) is 5.54 Å². The average Bonchev–Trinajstić information content (AvgIpc) is 2.26. The van der Waals surface area contributed by atoms with Crippen LogP contribution in [0.15, 0.2) is 0 Å². The van der Waals surface area contributed by atoms with Gasteiger partial charge in [-0.1, -0.05) is 32.6 Å². The van der Waals surface area contributed by atoms with Crippen LogP contribution < -0.4 is 5.73 Å². The number of nitrogens with two attached hydrogens (primary N) is 1. The maximum atomic E-state index is 12.9. The minimum atomic E-state index is -4.91. The number of aliphatic carboxylic acids is 1. The highest BCUT2D eigenvalue weighted by atomic mass is 19.4. The summed E-state index contributed by atoms with van der Waals surface area (Å²) >= 11 is 0. The largest absolute Gasteiger partial charge is 0.480 e. The van der Waals surface area contributed by atoms with Crippen LogP contribution in [0.3, 0.4) is 0 Å². The van der Waals surface area contributed by atoms with Gasteiger partial charge in [0.25, 0.3) is 0 Å². The van der Waals surface area contributed by atoms with E-state index in [9.17, 15) is 18.0 Å². The smallest absolute Gasteiger partial charge is 0.417 e. The Balaban J connectivity index is 3.09. The number of carboxylic acids is 1. The van der Waals surface area contributed by atoms with Crippen LogP contribution in [0.25, 0.3) is 0 Å². The van der Waals surface area contributed by atoms with E-state index in [1.54, 1.807) is 6.92 Å². The van der Waals surface area contributed by atoms with Crippen molar-refractivity contribution in [1.29, 1.82) is 0 Å². The lowest BCUT2D eigenvalue weighted by molar-refractivity contribution is -0.219. The zero-order valence-electron chi connectivity index (χ0n) is 9.76. The molecule has 1 fully saturated rings. The van der Waals surface area contributed by atoms with Crippen molar-refractivity contribution < 1.29 is 23.1 Å². The molecule has 1 saturated carbocycles. The molecule has 0 aromatic carbocycles. The van der Waals surface area contributed by atoms with E-state index >= 15 is 0 Å². The van der Waals surface area contributed by atoms with Crippen molar-refractivity contribution in [2.45, 2.75) is 50.7 Å². The quantitative estimate of drug-likeness (QED) is 0.812. The molecule has 0 bridgehead atoms. The maximum Gasteiger partial charge on any atom is 0.417 e. The first-order chi connectivity index (χ1) is 7.75. The Labute approximate surface area is 98.2 Å². The number of rotatable bonds is 3. The van der Waals surface area contributed by atoms with Gasteiger partial charge in [0.05, 0.1) is 0 Å². The fourth-order valence-electron chi connectivity index (χ4n) is 2.79. The summed E-state index contributed by atoms with van der Waals surface area (Å²) in [5.74, 6) is -3.24. The van der Waals surface area contributed by atoms with Crippen molar-refractivity contribution in [3.05, 3.63) is 0 Å². The Bertz CT molecular complexity index is 293. The lowest BCUT2D eigenvalue weighted by Gasteiger charge is -2.42. The minimum Gasteiger partial charge on any atom is -0.480 e. The van der Waals surface area contributed by atoms with Crippen LogP contribution in [0.4, 0.5) is 13.2 Å². The van der Waals surface area contributed by atoms with E-state index in [1.807, 2.05) is 0 Å². The first kappa shape index (κ1) is 14.3. The average molecular weight is 253 g/mol. The number of halogens is 3. The molecule has 6 heteroatoms. The first-order valence-electron chi connectivity index (χ1n) is 5.84. The van der Waals surface area contributed by atoms with E-state index in [1.165, 1.54) is 0 Å². The van der Waals surface area contributed by atoms with E-state index in [2.05, 4.69) is 0 Å². The van der Waals surface area contributed by atoms with E-state index in [0.29, 0.717) is 19.3 Å². The molecule has 0 aromatic heterocycles. The molecule has 0 saturated heterocycles. The highest BCUT2D eigenvalue weighted by Gasteiger charge is 2.63. The Hall–Kier alpha value is -0.780. The fraction of sp³-hybridized carbons (Fsp3) is 0.909. The summed E-state index contributed by atoms with van der Waals surface area (Å²) in [5.41, 5.74) is 2.13. The third kappa shape index (κ3) is 2.41. The second-order valence-corrected chi connectivity index (χ2v) is 4.73. The van der Waals surface area contributed by atoms with Crippen LogP contribution in [0.1, 0.15) is 39.0 Å². The summed E-state index contributed by atoms with van der Waals surface area (Å²) in [6, 6.07) is 0. The Kier molecular flexibility index (Phi) is 4.06. The van der Waals surface area contributed by atoms with Crippen molar-refractivity contribution in [3.8, 4) is 0 Å². The molecule has 3 atom stereocenters. The second kappa shape index (κ2) is 4.84. The van der Waals surface area contributed by atoms with Gasteiger partial charge >= 0.3 is 12.1 Å². The van der Waals surface area contributed by atoms with Crippen LogP contribution in [-0.4, -0.2) is 22.8 Å². The van der Waals surface area contributed by atoms with E-state index < -0.39 is 23.6 Å². The molecule has 3 nitrogen and oxygen atoms in total. The Morgan fingerprint density at radius 3 is 2.29 bits per heavy atom. The molecule has 0 heterocycles. The molecular formula is C11H18F3NO2. The molecule has 0 aromatic rings. The topological polar surface area (TPSA) is 63.3 Å². The van der Waals surface area contributed by atoms with Crippen molar-refractivity contribution in [2.75, 3.05) is 0 Å². The predicted molar refractivity (Wildman–Crippen MR) is 56.3 cm³/mol. The molecule has 0 aliphatic heterocycles. The van der Waals surface area contributed by atoms with Gasteiger partial charge in [-0.3, -0.25) is 0 Å². The summed E-state index contributed by atoms with van der Waals surface area (Å²) in [6.45, 7) is 1.78. The van der Waals surface area contributed by atoms with Gasteiger partial charge < -0.3 is 10.8 Å². The van der Waals surface area contributed by atoms with Crippen LogP contribution in [-0.2, 0) is 4.79 Å². The molecule has 100 valence electrons. The fourth-order valence-corrected chi connectivity index (χ4v) is 2.79. The number of hydrogen-bond acceptors (Lipinski definition) is 2. The van der Waals surface area contributed by atoms with E-state index in [4.69, 9.17) is 10.8 Å². The van der Waals surface area contributed by atoms with Gasteiger partial charge in [0, 0.05) is 0 Å². The third-order valence-electron chi connectivity index (χ3n) is 3.84. The van der Waals surface area contributed by atoms with Gasteiger partial charge in [-0.15, -0.1) is 0 Å². The maximum absolute atomic E-state index is 12.9. The molecule has 1 aliphatic carbocycles. The number of carboxylic acid groups (broad SMARTS) is 1. The molecule has 1 rings (SSSR count). The number of hydrogen-bond donors (Lipinski definition) is 2. The predicted octanol–water partition coefficient (Wildman–Crippen LogP) is 2.55. The third-order valence-corrected chi connectivity index (χ3v) is 3.84. The summed E-state index contributed by atoms with van der Waals surface area (Å²) in [5, 5.41) is 8.89. The number of carbonyl (C=O) groups is 1. The Morgan fingerprint density at radius 1 is 1.35 bits per heavy atom. The summed E-state index contributed by atoms with van der Waals surface area (Å²) < 4.78 is 38.8. The van der Waals surface area contributed by atoms with E-state index in [0.717, 1.165) is 6.42 Å². The molecular weight excluding hydrogens is 235 g/mol. The molecule has 3 N–H and O–H groups in total. The highest BCUT2D eigenvalue weighted by molar-refractivity contribution is 5.80. The van der Waals surface area contributed by atoms with Gasteiger partial charge in [0.1, 0.15) is 0 Å². The minimum absolute atomic E-state index is 0.237. The zero-order valence-corrected chi connectivity index (χ0v) is 9.76. The van der Waals surface area contributed by atoms with Crippen molar-refractivity contribution in [3.63, 3.8) is 0 Å². The standard InChI is InChI=1S/C11H18F3NO2/c1-2-7-5-3-4-6-8(7)10(15,9(16)17)11(12,13)14/h7-8H,2-6,15H2,1H3,(H,16,17). The molecule has 3 unspecified atom stereocenters. The van der Waals surface area contributed by atoms with Crippen LogP contribution in [0.2, 0.25) is 0 Å². The summed E-state index contributed by atoms with van der Waals surface area (Å²) in [4.78, 5) is 11.0. The van der Waals surface area contributed by atoms with Crippen molar-refractivity contribution in [2.24, 2.45) is 17.6 Å². The van der Waals surface area contributed by atoms with Gasteiger partial charge in [-0.25, -0.2) is 4.79 Å². The monoisotopic (exact) mass is 253 g/mol. The summed E-state index contributed by atoms with van der Waals surface area (Å²) in [6.07, 6.45) is -2.04. The molecule has 1 aliphatic rings. The summed E-state index contributed by atoms with van der Waals surface area (Å²) in [7, 11) is 0. The lowest BCUT2D eigenvalue weighted by Crippen LogP contribution is -2.66. The SMILES string of the molecule is CCC1CCCCC1C(N)(C(=O)O)C(F)(F)F. The first-order valence-corrected chi connectivity index (χ1v) is 5.84. The normalized spacial score (nSPS) is 29.7. The van der Waals surface area contributed by atoms with Gasteiger partial charge in [0.15, 0.2) is 0 Å². The zero-order chi connectivity index (χ0) is 13.3. The van der Waals surface area contributed by atoms with Crippen LogP contribution in [0.5, 0.6) is 0 Å². The van der Waals surface area contributed by atoms with E-state index in [-0.39, 0.29) is 12.3 Å². The molecule has 0 amide bonds. The van der Waals surface area contributed by atoms with Crippen LogP contribution >= 0.6 is 0 Å². The van der Waals surface area contributed by atoms with Crippen molar-refractivity contribution in [1.82, 2.24) is 0 Å². The number of alkyl halides is 3. The van der Waals surface area contributed by atoms with Crippen molar-refractivity contribution >= 4 is 5.97 Å². The molecule has 0 radical (unpaired) electrons. The highest BCUT2D eigenvalue weighted by Crippen LogP contribution is 2.45.